The summed E-state index contributed by atoms with van der Waals surface area (Å²) in [6.07, 6.45) is 1.36. The zero-order chi connectivity index (χ0) is 14.0. The van der Waals surface area contributed by atoms with Crippen molar-refractivity contribution < 1.29 is 24.0 Å². The summed E-state index contributed by atoms with van der Waals surface area (Å²) in [6, 6.07) is 3.39. The number of nitrogens with zero attached hydrogens (tertiary/aromatic N) is 1. The van der Waals surface area contributed by atoms with Crippen molar-refractivity contribution in [1.82, 2.24) is 0 Å². The van der Waals surface area contributed by atoms with Gasteiger partial charge in [-0.15, -0.1) is 0 Å². The van der Waals surface area contributed by atoms with Gasteiger partial charge in [-0.05, 0) is 25.3 Å². The number of carboxylic acids is 1. The van der Waals surface area contributed by atoms with Crippen molar-refractivity contribution in [2.45, 2.75) is 31.3 Å². The predicted octanol–water partition coefficient (Wildman–Crippen LogP) is 2.51. The molecule has 102 valence electrons. The first-order chi connectivity index (χ1) is 8.93. The summed E-state index contributed by atoms with van der Waals surface area (Å²) in [4.78, 5) is 20.9. The van der Waals surface area contributed by atoms with Gasteiger partial charge in [-0.2, -0.15) is 0 Å². The average Bonchev–Trinajstić information content (AvgIpc) is 2.27. The van der Waals surface area contributed by atoms with E-state index in [1.165, 1.54) is 6.07 Å². The van der Waals surface area contributed by atoms with Crippen LogP contribution in [0.15, 0.2) is 18.2 Å². The molecule has 0 amide bonds. The number of benzene rings is 1. The molecule has 1 aromatic rings. The van der Waals surface area contributed by atoms with Gasteiger partial charge in [0.2, 0.25) is 5.75 Å². The number of ether oxygens (including phenoxy) is 1. The van der Waals surface area contributed by atoms with Crippen LogP contribution in [0.1, 0.15) is 25.7 Å². The van der Waals surface area contributed by atoms with Gasteiger partial charge in [0, 0.05) is 6.07 Å². The molecule has 0 radical (unpaired) electrons. The smallest absolute Gasteiger partial charge is 0.314 e. The standard InChI is InChI=1S/C12H12FNO5/c13-8-3-1-4-9(14(17)18)11(8)19-12(5-2-6-12)7-10(15)16/h1,3-4H,2,5-7H2,(H,15,16). The maximum absolute atomic E-state index is 13.7. The van der Waals surface area contributed by atoms with E-state index in [2.05, 4.69) is 0 Å². The van der Waals surface area contributed by atoms with Crippen molar-refractivity contribution in [2.75, 3.05) is 0 Å². The minimum atomic E-state index is -1.07. The third-order valence-corrected chi connectivity index (χ3v) is 3.20. The second kappa shape index (κ2) is 4.83. The highest BCUT2D eigenvalue weighted by molar-refractivity contribution is 5.68. The van der Waals surface area contributed by atoms with E-state index in [0.717, 1.165) is 18.6 Å². The topological polar surface area (TPSA) is 89.7 Å². The Hall–Kier alpha value is -2.18. The van der Waals surface area contributed by atoms with Gasteiger partial charge in [0.25, 0.3) is 0 Å². The van der Waals surface area contributed by atoms with Crippen LogP contribution >= 0.6 is 0 Å². The van der Waals surface area contributed by atoms with Crippen molar-refractivity contribution in [2.24, 2.45) is 0 Å². The van der Waals surface area contributed by atoms with Crippen molar-refractivity contribution in [3.63, 3.8) is 0 Å². The molecule has 2 rings (SSSR count). The fraction of sp³-hybridized carbons (Fsp3) is 0.417. The molecule has 6 nitrogen and oxygen atoms in total. The number of carbonyl (C=O) groups is 1. The molecular weight excluding hydrogens is 257 g/mol. The van der Waals surface area contributed by atoms with E-state index in [4.69, 9.17) is 9.84 Å². The lowest BCUT2D eigenvalue weighted by Crippen LogP contribution is -2.45. The Morgan fingerprint density at radius 1 is 1.53 bits per heavy atom. The molecule has 1 aromatic carbocycles. The minimum Gasteiger partial charge on any atom is -0.481 e. The summed E-state index contributed by atoms with van der Waals surface area (Å²) < 4.78 is 19.0. The number of aliphatic carboxylic acids is 1. The van der Waals surface area contributed by atoms with Gasteiger partial charge in [-0.3, -0.25) is 14.9 Å². The Kier molecular flexibility index (Phi) is 3.37. The summed E-state index contributed by atoms with van der Waals surface area (Å²) in [5.41, 5.74) is -1.52. The third-order valence-electron chi connectivity index (χ3n) is 3.20. The summed E-state index contributed by atoms with van der Waals surface area (Å²) in [5.74, 6) is -2.40. The summed E-state index contributed by atoms with van der Waals surface area (Å²) >= 11 is 0. The monoisotopic (exact) mass is 269 g/mol. The van der Waals surface area contributed by atoms with Crippen LogP contribution in [0.4, 0.5) is 10.1 Å². The number of rotatable bonds is 5. The largest absolute Gasteiger partial charge is 0.481 e. The van der Waals surface area contributed by atoms with Gasteiger partial charge in [0.05, 0.1) is 11.3 Å². The molecular formula is C12H12FNO5. The number of hydrogen-bond acceptors (Lipinski definition) is 4. The maximum Gasteiger partial charge on any atom is 0.314 e. The summed E-state index contributed by atoms with van der Waals surface area (Å²) in [6.45, 7) is 0. The van der Waals surface area contributed by atoms with Gasteiger partial charge in [-0.1, -0.05) is 6.07 Å². The lowest BCUT2D eigenvalue weighted by Gasteiger charge is -2.40. The molecule has 0 unspecified atom stereocenters. The van der Waals surface area contributed by atoms with E-state index >= 15 is 0 Å². The van der Waals surface area contributed by atoms with Gasteiger partial charge in [-0.25, -0.2) is 4.39 Å². The molecule has 1 saturated carbocycles. The first-order valence-corrected chi connectivity index (χ1v) is 5.77. The van der Waals surface area contributed by atoms with Crippen molar-refractivity contribution in [3.8, 4) is 5.75 Å². The molecule has 0 heterocycles. The Balaban J connectivity index is 2.32. The quantitative estimate of drug-likeness (QED) is 0.655. The van der Waals surface area contributed by atoms with Crippen molar-refractivity contribution >= 4 is 11.7 Å². The molecule has 1 N–H and O–H groups in total. The Morgan fingerprint density at radius 2 is 2.21 bits per heavy atom. The Morgan fingerprint density at radius 3 is 2.68 bits per heavy atom. The number of carboxylic acid groups (broad SMARTS) is 1. The molecule has 0 aliphatic heterocycles. The zero-order valence-electron chi connectivity index (χ0n) is 9.97. The Bertz CT molecular complexity index is 527. The molecule has 7 heteroatoms. The summed E-state index contributed by atoms with van der Waals surface area (Å²) in [5, 5.41) is 19.7. The maximum atomic E-state index is 13.7. The normalized spacial score (nSPS) is 16.5. The van der Waals surface area contributed by atoms with Crippen molar-refractivity contribution in [3.05, 3.63) is 34.1 Å². The van der Waals surface area contributed by atoms with Crippen LogP contribution in [0, 0.1) is 15.9 Å². The van der Waals surface area contributed by atoms with Crippen LogP contribution < -0.4 is 4.74 Å². The van der Waals surface area contributed by atoms with Gasteiger partial charge in [0.1, 0.15) is 5.60 Å². The lowest BCUT2D eigenvalue weighted by molar-refractivity contribution is -0.386. The first-order valence-electron chi connectivity index (χ1n) is 5.77. The van der Waals surface area contributed by atoms with Crippen LogP contribution in [0.3, 0.4) is 0 Å². The number of hydrogen-bond donors (Lipinski definition) is 1. The number of para-hydroxylation sites is 1. The van der Waals surface area contributed by atoms with Crippen LogP contribution in [0.25, 0.3) is 0 Å². The van der Waals surface area contributed by atoms with Gasteiger partial charge < -0.3 is 9.84 Å². The molecule has 1 fully saturated rings. The van der Waals surface area contributed by atoms with E-state index < -0.39 is 33.7 Å². The van der Waals surface area contributed by atoms with E-state index in [1.54, 1.807) is 0 Å². The zero-order valence-corrected chi connectivity index (χ0v) is 9.97. The van der Waals surface area contributed by atoms with E-state index in [0.29, 0.717) is 12.8 Å². The first kappa shape index (κ1) is 13.3. The Labute approximate surface area is 108 Å². The molecule has 0 aromatic heterocycles. The fourth-order valence-electron chi connectivity index (χ4n) is 2.12. The highest BCUT2D eigenvalue weighted by Gasteiger charge is 2.43. The molecule has 0 bridgehead atoms. The van der Waals surface area contributed by atoms with Crippen LogP contribution in [-0.4, -0.2) is 21.6 Å². The molecule has 1 aliphatic rings. The minimum absolute atomic E-state index is 0.293. The predicted molar refractivity (Wildman–Crippen MR) is 62.5 cm³/mol. The van der Waals surface area contributed by atoms with Crippen LogP contribution in [0.2, 0.25) is 0 Å². The van der Waals surface area contributed by atoms with Crippen molar-refractivity contribution in [1.29, 1.82) is 0 Å². The SMILES string of the molecule is O=C(O)CC1(Oc2c(F)cccc2[N+](=O)[O-])CCC1. The average molecular weight is 269 g/mol. The number of nitro benzene ring substituents is 1. The van der Waals surface area contributed by atoms with Gasteiger partial charge >= 0.3 is 11.7 Å². The van der Waals surface area contributed by atoms with Crippen LogP contribution in [-0.2, 0) is 4.79 Å². The number of halogens is 1. The van der Waals surface area contributed by atoms with Gasteiger partial charge in [0.15, 0.2) is 5.82 Å². The highest BCUT2D eigenvalue weighted by atomic mass is 19.1. The van der Waals surface area contributed by atoms with E-state index in [-0.39, 0.29) is 6.42 Å². The molecule has 0 spiro atoms. The molecule has 1 aliphatic carbocycles. The molecule has 0 saturated heterocycles. The van der Waals surface area contributed by atoms with E-state index in [1.807, 2.05) is 0 Å². The molecule has 0 atom stereocenters. The third kappa shape index (κ3) is 2.64. The summed E-state index contributed by atoms with van der Waals surface area (Å²) in [7, 11) is 0. The fourth-order valence-corrected chi connectivity index (χ4v) is 2.12. The lowest BCUT2D eigenvalue weighted by atomic mass is 9.77. The van der Waals surface area contributed by atoms with E-state index in [9.17, 15) is 19.3 Å². The second-order valence-corrected chi connectivity index (χ2v) is 4.55. The second-order valence-electron chi connectivity index (χ2n) is 4.55. The van der Waals surface area contributed by atoms with Crippen LogP contribution in [0.5, 0.6) is 5.75 Å². The highest BCUT2D eigenvalue weighted by Crippen LogP contribution is 2.42. The molecule has 19 heavy (non-hydrogen) atoms. The number of nitro groups is 1.